The van der Waals surface area contributed by atoms with Gasteiger partial charge in [-0.1, -0.05) is 0 Å². The van der Waals surface area contributed by atoms with Crippen LogP contribution in [0.1, 0.15) is 53.9 Å². The van der Waals surface area contributed by atoms with Crippen LogP contribution in [0.15, 0.2) is 0 Å². The molecule has 1 aromatic rings. The minimum atomic E-state index is 0.00984. The van der Waals surface area contributed by atoms with E-state index in [1.54, 1.807) is 0 Å². The van der Waals surface area contributed by atoms with Crippen LogP contribution in [0.4, 0.5) is 11.9 Å². The van der Waals surface area contributed by atoms with Crippen molar-refractivity contribution in [1.82, 2.24) is 15.0 Å². The fourth-order valence-corrected chi connectivity index (χ4v) is 3.37. The molecule has 1 fully saturated rings. The molecule has 1 aliphatic rings. The van der Waals surface area contributed by atoms with Crippen molar-refractivity contribution in [2.75, 3.05) is 16.8 Å². The first-order valence-electron chi connectivity index (χ1n) is 7.22. The largest absolute Gasteiger partial charge is 0.354 e. The van der Waals surface area contributed by atoms with Crippen LogP contribution in [0.5, 0.6) is 0 Å². The molecular weight excluding hydrogens is 274 g/mol. The lowest BCUT2D eigenvalue weighted by atomic mass is 9.80. The van der Waals surface area contributed by atoms with E-state index in [-0.39, 0.29) is 16.4 Å². The maximum absolute atomic E-state index is 6.06. The van der Waals surface area contributed by atoms with Gasteiger partial charge in [-0.2, -0.15) is 15.0 Å². The first-order valence-corrected chi connectivity index (χ1v) is 7.60. The van der Waals surface area contributed by atoms with Gasteiger partial charge in [0.2, 0.25) is 17.2 Å². The van der Waals surface area contributed by atoms with Crippen molar-refractivity contribution in [1.29, 1.82) is 0 Å². The Morgan fingerprint density at radius 3 is 2.25 bits per heavy atom. The summed E-state index contributed by atoms with van der Waals surface area (Å²) in [5.41, 5.74) is 0.0197. The summed E-state index contributed by atoms with van der Waals surface area (Å²) >= 11 is 6.06. The normalized spacial score (nSPS) is 20.8. The second-order valence-electron chi connectivity index (χ2n) is 6.57. The van der Waals surface area contributed by atoms with Gasteiger partial charge in [0, 0.05) is 17.6 Å². The van der Waals surface area contributed by atoms with E-state index < -0.39 is 0 Å². The van der Waals surface area contributed by atoms with Crippen LogP contribution in [0.2, 0.25) is 5.28 Å². The molecule has 0 bridgehead atoms. The molecule has 0 atom stereocenters. The smallest absolute Gasteiger partial charge is 0.232 e. The highest BCUT2D eigenvalue weighted by Crippen LogP contribution is 2.40. The van der Waals surface area contributed by atoms with E-state index in [1.165, 1.54) is 6.42 Å². The van der Waals surface area contributed by atoms with Gasteiger partial charge in [0.05, 0.1) is 0 Å². The number of nitrogens with zero attached hydrogens (tertiary/aromatic N) is 4. The molecule has 5 nitrogen and oxygen atoms in total. The van der Waals surface area contributed by atoms with Gasteiger partial charge in [0.1, 0.15) is 0 Å². The van der Waals surface area contributed by atoms with Crippen LogP contribution in [0, 0.1) is 0 Å². The number of rotatable bonds is 3. The van der Waals surface area contributed by atoms with Gasteiger partial charge in [-0.25, -0.2) is 0 Å². The Bertz CT molecular complexity index is 470. The summed E-state index contributed by atoms with van der Waals surface area (Å²) in [5, 5.41) is 3.35. The molecule has 0 amide bonds. The number of hydrogen-bond acceptors (Lipinski definition) is 5. The molecule has 2 heterocycles. The number of halogens is 1. The summed E-state index contributed by atoms with van der Waals surface area (Å²) in [6, 6.07) is 0. The lowest BCUT2D eigenvalue weighted by molar-refractivity contribution is 0.239. The van der Waals surface area contributed by atoms with Gasteiger partial charge in [0.15, 0.2) is 0 Å². The molecule has 0 aliphatic carbocycles. The number of aromatic nitrogens is 3. The number of piperidine rings is 1. The number of hydrogen-bond donors (Lipinski definition) is 1. The summed E-state index contributed by atoms with van der Waals surface area (Å²) < 4.78 is 0. The lowest BCUT2D eigenvalue weighted by Crippen LogP contribution is -2.59. The average molecular weight is 298 g/mol. The van der Waals surface area contributed by atoms with Crippen molar-refractivity contribution < 1.29 is 0 Å². The van der Waals surface area contributed by atoms with Crippen LogP contribution < -0.4 is 10.2 Å². The van der Waals surface area contributed by atoms with E-state index in [1.807, 2.05) is 6.92 Å². The molecule has 0 saturated carbocycles. The van der Waals surface area contributed by atoms with E-state index in [0.717, 1.165) is 19.4 Å². The maximum atomic E-state index is 6.06. The van der Waals surface area contributed by atoms with Crippen molar-refractivity contribution in [3.05, 3.63) is 5.28 Å². The molecule has 0 spiro atoms. The molecule has 6 heteroatoms. The average Bonchev–Trinajstić information content (AvgIpc) is 2.25. The highest BCUT2D eigenvalue weighted by atomic mass is 35.5. The molecule has 0 radical (unpaired) electrons. The predicted molar refractivity (Wildman–Crippen MR) is 83.5 cm³/mol. The molecule has 20 heavy (non-hydrogen) atoms. The highest BCUT2D eigenvalue weighted by molar-refractivity contribution is 6.28. The third-order valence-corrected chi connectivity index (χ3v) is 4.09. The Balaban J connectivity index is 2.46. The van der Waals surface area contributed by atoms with E-state index in [0.29, 0.717) is 11.9 Å². The Labute approximate surface area is 126 Å². The van der Waals surface area contributed by atoms with Crippen molar-refractivity contribution in [3.8, 4) is 0 Å². The monoisotopic (exact) mass is 297 g/mol. The fraction of sp³-hybridized carbons (Fsp3) is 0.786. The van der Waals surface area contributed by atoms with Gasteiger partial charge < -0.3 is 10.2 Å². The molecular formula is C14H24ClN5. The molecule has 0 aromatic carbocycles. The Morgan fingerprint density at radius 1 is 1.10 bits per heavy atom. The highest BCUT2D eigenvalue weighted by Gasteiger charge is 2.43. The zero-order chi connectivity index (χ0) is 15.0. The fourth-order valence-electron chi connectivity index (χ4n) is 3.21. The summed E-state index contributed by atoms with van der Waals surface area (Å²) in [7, 11) is 0. The van der Waals surface area contributed by atoms with E-state index >= 15 is 0 Å². The van der Waals surface area contributed by atoms with E-state index in [9.17, 15) is 0 Å². The maximum Gasteiger partial charge on any atom is 0.232 e. The van der Waals surface area contributed by atoms with Crippen LogP contribution in [0.25, 0.3) is 0 Å². The second kappa shape index (κ2) is 5.35. The summed E-state index contributed by atoms with van der Waals surface area (Å²) in [6.07, 6.45) is 3.46. The third kappa shape index (κ3) is 2.97. The molecule has 1 saturated heterocycles. The Hall–Kier alpha value is -1.10. The number of nitrogens with one attached hydrogen (secondary N) is 1. The molecule has 1 N–H and O–H groups in total. The zero-order valence-corrected chi connectivity index (χ0v) is 13.8. The second-order valence-corrected chi connectivity index (χ2v) is 6.91. The number of anilines is 2. The SMILES string of the molecule is CCNc1nc(Cl)nc(N2C(C)(C)CCCC2(C)C)n1. The summed E-state index contributed by atoms with van der Waals surface area (Å²) in [4.78, 5) is 15.3. The first kappa shape index (κ1) is 15.3. The van der Waals surface area contributed by atoms with Crippen molar-refractivity contribution in [2.24, 2.45) is 0 Å². The van der Waals surface area contributed by atoms with Gasteiger partial charge in [-0.05, 0) is 65.5 Å². The van der Waals surface area contributed by atoms with Gasteiger partial charge in [0.25, 0.3) is 0 Å². The topological polar surface area (TPSA) is 53.9 Å². The predicted octanol–water partition coefficient (Wildman–Crippen LogP) is 3.50. The third-order valence-electron chi connectivity index (χ3n) is 3.92. The van der Waals surface area contributed by atoms with Crippen molar-refractivity contribution in [2.45, 2.75) is 65.0 Å². The van der Waals surface area contributed by atoms with Crippen LogP contribution >= 0.6 is 11.6 Å². The Morgan fingerprint density at radius 2 is 1.70 bits per heavy atom. The summed E-state index contributed by atoms with van der Waals surface area (Å²) in [5.74, 6) is 1.20. The van der Waals surface area contributed by atoms with E-state index in [2.05, 4.69) is 52.9 Å². The van der Waals surface area contributed by atoms with Gasteiger partial charge in [-0.15, -0.1) is 0 Å². The van der Waals surface area contributed by atoms with Crippen LogP contribution in [0.3, 0.4) is 0 Å². The van der Waals surface area contributed by atoms with Crippen molar-refractivity contribution in [3.63, 3.8) is 0 Å². The van der Waals surface area contributed by atoms with Crippen LogP contribution in [-0.2, 0) is 0 Å². The molecule has 1 aromatic heterocycles. The van der Waals surface area contributed by atoms with E-state index in [4.69, 9.17) is 11.6 Å². The standard InChI is InChI=1S/C14H24ClN5/c1-6-16-11-17-10(15)18-12(19-11)20-13(2,3)8-7-9-14(20,4)5/h6-9H2,1-5H3,(H,16,17,18,19). The van der Waals surface area contributed by atoms with Gasteiger partial charge >= 0.3 is 0 Å². The van der Waals surface area contributed by atoms with Crippen molar-refractivity contribution >= 4 is 23.5 Å². The molecule has 0 unspecified atom stereocenters. The Kier molecular flexibility index (Phi) is 4.09. The molecule has 2 rings (SSSR count). The minimum Gasteiger partial charge on any atom is -0.354 e. The summed E-state index contributed by atoms with van der Waals surface area (Å²) in [6.45, 7) is 11.7. The first-order chi connectivity index (χ1) is 9.26. The lowest BCUT2D eigenvalue weighted by Gasteiger charge is -2.52. The quantitative estimate of drug-likeness (QED) is 0.925. The molecule has 1 aliphatic heterocycles. The molecule has 112 valence electrons. The van der Waals surface area contributed by atoms with Crippen LogP contribution in [-0.4, -0.2) is 32.6 Å². The zero-order valence-electron chi connectivity index (χ0n) is 13.0. The minimum absolute atomic E-state index is 0.00984. The van der Waals surface area contributed by atoms with Gasteiger partial charge in [-0.3, -0.25) is 0 Å².